The number of furan rings is 1. The lowest BCUT2D eigenvalue weighted by atomic mass is 9.86. The molecule has 1 aromatic heterocycles. The molecule has 17 heavy (non-hydrogen) atoms. The third-order valence-corrected chi connectivity index (χ3v) is 2.74. The molecule has 2 N–H and O–H groups in total. The average molecular weight is 232 g/mol. The predicted molar refractivity (Wildman–Crippen MR) is 64.0 cm³/mol. The van der Waals surface area contributed by atoms with Crippen LogP contribution in [0.4, 0.5) is 10.3 Å². The first-order valence-corrected chi connectivity index (χ1v) is 5.27. The zero-order valence-electron chi connectivity index (χ0n) is 9.97. The second-order valence-electron chi connectivity index (χ2n) is 5.00. The molecule has 0 aliphatic heterocycles. The first kappa shape index (κ1) is 11.5. The Morgan fingerprint density at radius 2 is 2.00 bits per heavy atom. The number of nitrogen functional groups attached to an aromatic ring is 1. The minimum Gasteiger partial charge on any atom is -0.439 e. The van der Waals surface area contributed by atoms with E-state index >= 15 is 0 Å². The van der Waals surface area contributed by atoms with Crippen LogP contribution in [0.5, 0.6) is 0 Å². The Labute approximate surface area is 98.6 Å². The largest absolute Gasteiger partial charge is 0.439 e. The van der Waals surface area contributed by atoms with Gasteiger partial charge in [-0.3, -0.25) is 0 Å². The van der Waals surface area contributed by atoms with E-state index in [0.717, 1.165) is 5.56 Å². The SMILES string of the molecule is CC(C)(C)c1ccc(F)c2c(C#N)c(N)oc12. The van der Waals surface area contributed by atoms with Crippen molar-refractivity contribution in [2.24, 2.45) is 0 Å². The van der Waals surface area contributed by atoms with Gasteiger partial charge in [0.25, 0.3) is 0 Å². The van der Waals surface area contributed by atoms with Crippen molar-refractivity contribution in [2.75, 3.05) is 5.73 Å². The van der Waals surface area contributed by atoms with Crippen LogP contribution in [0.25, 0.3) is 11.0 Å². The first-order valence-electron chi connectivity index (χ1n) is 5.27. The van der Waals surface area contributed by atoms with E-state index < -0.39 is 5.82 Å². The zero-order valence-corrected chi connectivity index (χ0v) is 9.97. The summed E-state index contributed by atoms with van der Waals surface area (Å²) in [7, 11) is 0. The summed E-state index contributed by atoms with van der Waals surface area (Å²) in [5.74, 6) is -0.511. The maximum absolute atomic E-state index is 13.7. The first-order chi connectivity index (χ1) is 7.86. The molecule has 3 nitrogen and oxygen atoms in total. The molecule has 2 rings (SSSR count). The second-order valence-corrected chi connectivity index (χ2v) is 5.00. The van der Waals surface area contributed by atoms with Crippen molar-refractivity contribution in [1.29, 1.82) is 5.26 Å². The minimum absolute atomic E-state index is 0.0295. The van der Waals surface area contributed by atoms with E-state index in [2.05, 4.69) is 0 Å². The van der Waals surface area contributed by atoms with Gasteiger partial charge in [-0.15, -0.1) is 0 Å². The summed E-state index contributed by atoms with van der Waals surface area (Å²) in [5, 5.41) is 9.14. The highest BCUT2D eigenvalue weighted by Crippen LogP contribution is 2.36. The quantitative estimate of drug-likeness (QED) is 0.757. The van der Waals surface area contributed by atoms with E-state index in [1.807, 2.05) is 26.8 Å². The van der Waals surface area contributed by atoms with Gasteiger partial charge in [-0.25, -0.2) is 4.39 Å². The van der Waals surface area contributed by atoms with E-state index in [0.29, 0.717) is 5.58 Å². The summed E-state index contributed by atoms with van der Waals surface area (Å²) in [4.78, 5) is 0. The number of nitrogens with zero attached hydrogens (tertiary/aromatic N) is 1. The van der Waals surface area contributed by atoms with Gasteiger partial charge in [0.1, 0.15) is 23.0 Å². The number of fused-ring (bicyclic) bond motifs is 1. The van der Waals surface area contributed by atoms with Gasteiger partial charge in [-0.1, -0.05) is 26.8 Å². The van der Waals surface area contributed by atoms with E-state index in [1.165, 1.54) is 6.07 Å². The molecule has 4 heteroatoms. The Bertz CT molecular complexity index is 629. The minimum atomic E-state index is -0.481. The standard InChI is InChI=1S/C13H13FN2O/c1-13(2,3)8-4-5-9(14)10-7(6-15)12(16)17-11(8)10/h4-5H,16H2,1-3H3. The Balaban J connectivity index is 2.95. The van der Waals surface area contributed by atoms with Crippen LogP contribution in [0.15, 0.2) is 16.5 Å². The highest BCUT2D eigenvalue weighted by Gasteiger charge is 2.24. The van der Waals surface area contributed by atoms with Gasteiger partial charge in [0.15, 0.2) is 0 Å². The Morgan fingerprint density at radius 1 is 1.35 bits per heavy atom. The topological polar surface area (TPSA) is 63.0 Å². The number of hydrogen-bond donors (Lipinski definition) is 1. The molecule has 88 valence electrons. The number of nitriles is 1. The van der Waals surface area contributed by atoms with Crippen LogP contribution in [0, 0.1) is 17.1 Å². The maximum Gasteiger partial charge on any atom is 0.209 e. The monoisotopic (exact) mass is 232 g/mol. The van der Waals surface area contributed by atoms with Crippen molar-refractivity contribution in [1.82, 2.24) is 0 Å². The molecule has 0 spiro atoms. The van der Waals surface area contributed by atoms with E-state index in [1.54, 1.807) is 6.07 Å². The maximum atomic E-state index is 13.7. The Hall–Kier alpha value is -2.02. The molecule has 0 unspecified atom stereocenters. The van der Waals surface area contributed by atoms with Gasteiger partial charge in [-0.05, 0) is 11.5 Å². The van der Waals surface area contributed by atoms with E-state index in [-0.39, 0.29) is 22.2 Å². The molecule has 0 aliphatic rings. The van der Waals surface area contributed by atoms with Crippen LogP contribution < -0.4 is 5.73 Å². The van der Waals surface area contributed by atoms with Gasteiger partial charge in [0, 0.05) is 5.56 Å². The molecule has 1 heterocycles. The fraction of sp³-hybridized carbons (Fsp3) is 0.308. The number of rotatable bonds is 0. The van der Waals surface area contributed by atoms with Crippen molar-refractivity contribution in [2.45, 2.75) is 26.2 Å². The van der Waals surface area contributed by atoms with Crippen LogP contribution in [0.1, 0.15) is 31.9 Å². The number of nitrogens with two attached hydrogens (primary N) is 1. The van der Waals surface area contributed by atoms with Crippen molar-refractivity contribution >= 4 is 16.9 Å². The van der Waals surface area contributed by atoms with Crippen molar-refractivity contribution in [3.05, 3.63) is 29.1 Å². The Kier molecular flexibility index (Phi) is 2.35. The fourth-order valence-electron chi connectivity index (χ4n) is 1.88. The van der Waals surface area contributed by atoms with Crippen LogP contribution in [-0.2, 0) is 5.41 Å². The van der Waals surface area contributed by atoms with Crippen LogP contribution in [0.3, 0.4) is 0 Å². The van der Waals surface area contributed by atoms with Gasteiger partial charge < -0.3 is 10.2 Å². The summed E-state index contributed by atoms with van der Waals surface area (Å²) in [6, 6.07) is 4.89. The zero-order chi connectivity index (χ0) is 12.8. The summed E-state index contributed by atoms with van der Waals surface area (Å²) >= 11 is 0. The van der Waals surface area contributed by atoms with E-state index in [9.17, 15) is 4.39 Å². The molecule has 0 aliphatic carbocycles. The molecule has 0 saturated heterocycles. The molecule has 0 saturated carbocycles. The summed E-state index contributed by atoms with van der Waals surface area (Å²) in [5.41, 5.74) is 6.66. The van der Waals surface area contributed by atoms with Crippen LogP contribution in [0.2, 0.25) is 0 Å². The normalized spacial score (nSPS) is 11.7. The van der Waals surface area contributed by atoms with Crippen molar-refractivity contribution < 1.29 is 8.81 Å². The molecule has 0 bridgehead atoms. The highest BCUT2D eigenvalue weighted by molar-refractivity contribution is 5.91. The smallest absolute Gasteiger partial charge is 0.209 e. The number of halogens is 1. The Morgan fingerprint density at radius 3 is 2.53 bits per heavy atom. The third-order valence-electron chi connectivity index (χ3n) is 2.74. The fourth-order valence-corrected chi connectivity index (χ4v) is 1.88. The lowest BCUT2D eigenvalue weighted by Crippen LogP contribution is -2.11. The summed E-state index contributed by atoms with van der Waals surface area (Å²) < 4.78 is 19.1. The molecular weight excluding hydrogens is 219 g/mol. The summed E-state index contributed by atoms with van der Waals surface area (Å²) in [6.07, 6.45) is 0. The summed E-state index contributed by atoms with van der Waals surface area (Å²) in [6.45, 7) is 5.97. The number of benzene rings is 1. The average Bonchev–Trinajstić information content (AvgIpc) is 2.53. The van der Waals surface area contributed by atoms with Crippen LogP contribution >= 0.6 is 0 Å². The van der Waals surface area contributed by atoms with Gasteiger partial charge in [-0.2, -0.15) is 5.26 Å². The molecule has 0 atom stereocenters. The predicted octanol–water partition coefficient (Wildman–Crippen LogP) is 3.32. The lowest BCUT2D eigenvalue weighted by Gasteiger charge is -2.18. The number of hydrogen-bond acceptors (Lipinski definition) is 3. The molecule has 0 radical (unpaired) electrons. The molecular formula is C13H13FN2O. The van der Waals surface area contributed by atoms with Crippen LogP contribution in [-0.4, -0.2) is 0 Å². The molecule has 0 amide bonds. The lowest BCUT2D eigenvalue weighted by molar-refractivity contribution is 0.562. The van der Waals surface area contributed by atoms with Crippen molar-refractivity contribution in [3.63, 3.8) is 0 Å². The highest BCUT2D eigenvalue weighted by atomic mass is 19.1. The molecule has 2 aromatic rings. The van der Waals surface area contributed by atoms with Gasteiger partial charge in [0.2, 0.25) is 5.88 Å². The third kappa shape index (κ3) is 1.64. The van der Waals surface area contributed by atoms with Gasteiger partial charge >= 0.3 is 0 Å². The van der Waals surface area contributed by atoms with Crippen molar-refractivity contribution in [3.8, 4) is 6.07 Å². The second kappa shape index (κ2) is 3.49. The number of anilines is 1. The van der Waals surface area contributed by atoms with Gasteiger partial charge in [0.05, 0.1) is 5.39 Å². The molecule has 0 fully saturated rings. The molecule has 1 aromatic carbocycles. The van der Waals surface area contributed by atoms with E-state index in [4.69, 9.17) is 15.4 Å².